The highest BCUT2D eigenvalue weighted by molar-refractivity contribution is 9.10. The van der Waals surface area contributed by atoms with Crippen LogP contribution in [0.3, 0.4) is 0 Å². The Morgan fingerprint density at radius 2 is 1.82 bits per heavy atom. The molecule has 2 fully saturated rings. The van der Waals surface area contributed by atoms with Crippen molar-refractivity contribution < 1.29 is 4.79 Å². The zero-order valence-electron chi connectivity index (χ0n) is 16.3. The van der Waals surface area contributed by atoms with Gasteiger partial charge in [0, 0.05) is 30.1 Å². The van der Waals surface area contributed by atoms with Crippen molar-refractivity contribution in [2.75, 3.05) is 13.6 Å². The molecular formula is C23H28BrN3O. The summed E-state index contributed by atoms with van der Waals surface area (Å²) in [5.41, 5.74) is 9.04. The molecule has 1 aliphatic heterocycles. The van der Waals surface area contributed by atoms with E-state index in [9.17, 15) is 4.79 Å². The largest absolute Gasteiger partial charge is 0.345 e. The van der Waals surface area contributed by atoms with Gasteiger partial charge in [-0.2, -0.15) is 0 Å². The minimum absolute atomic E-state index is 0.273. The van der Waals surface area contributed by atoms with Crippen molar-refractivity contribution in [3.63, 3.8) is 0 Å². The third kappa shape index (κ3) is 4.17. The van der Waals surface area contributed by atoms with E-state index in [-0.39, 0.29) is 11.3 Å². The average Bonchev–Trinajstić information content (AvgIpc) is 3.40. The van der Waals surface area contributed by atoms with Crippen LogP contribution in [0, 0.1) is 0 Å². The molecule has 5 heteroatoms. The molecule has 1 aliphatic carbocycles. The maximum atomic E-state index is 13.1. The van der Waals surface area contributed by atoms with Gasteiger partial charge < -0.3 is 4.90 Å². The summed E-state index contributed by atoms with van der Waals surface area (Å²) in [6.45, 7) is 0.811. The van der Waals surface area contributed by atoms with E-state index in [1.54, 1.807) is 0 Å². The fraction of sp³-hybridized carbons (Fsp3) is 0.435. The second kappa shape index (κ2) is 8.36. The first-order valence-electron chi connectivity index (χ1n) is 10.2. The second-order valence-electron chi connectivity index (χ2n) is 8.14. The number of nitrogens with zero attached hydrogens (tertiary/aromatic N) is 1. The van der Waals surface area contributed by atoms with Gasteiger partial charge in [-0.05, 0) is 55.4 Å². The molecule has 1 saturated heterocycles. The number of hydrazine groups is 1. The summed E-state index contributed by atoms with van der Waals surface area (Å²) in [4.78, 5) is 15.0. The molecule has 0 radical (unpaired) electrons. The van der Waals surface area contributed by atoms with Crippen LogP contribution in [0.25, 0.3) is 0 Å². The van der Waals surface area contributed by atoms with Crippen LogP contribution in [0.4, 0.5) is 0 Å². The lowest BCUT2D eigenvalue weighted by Crippen LogP contribution is -2.38. The summed E-state index contributed by atoms with van der Waals surface area (Å²) in [5, 5.41) is 0. The van der Waals surface area contributed by atoms with Gasteiger partial charge in [-0.25, -0.2) is 0 Å². The maximum Gasteiger partial charge on any atom is 0.232 e. The first-order chi connectivity index (χ1) is 13.6. The van der Waals surface area contributed by atoms with Crippen molar-refractivity contribution in [2.24, 2.45) is 0 Å². The molecule has 2 atom stereocenters. The van der Waals surface area contributed by atoms with Crippen molar-refractivity contribution in [1.29, 1.82) is 0 Å². The highest BCUT2D eigenvalue weighted by Crippen LogP contribution is 2.49. The van der Waals surface area contributed by atoms with Crippen molar-refractivity contribution in [3.05, 3.63) is 70.2 Å². The first kappa shape index (κ1) is 19.6. The Kier molecular flexibility index (Phi) is 5.85. The van der Waals surface area contributed by atoms with Crippen LogP contribution in [0.15, 0.2) is 59.1 Å². The normalized spacial score (nSPS) is 22.8. The fourth-order valence-corrected chi connectivity index (χ4v) is 4.54. The molecule has 1 amide bonds. The summed E-state index contributed by atoms with van der Waals surface area (Å²) in [5.74, 6) is 0.273. The van der Waals surface area contributed by atoms with Crippen molar-refractivity contribution in [2.45, 2.75) is 49.6 Å². The van der Waals surface area contributed by atoms with E-state index in [0.717, 1.165) is 48.7 Å². The lowest BCUT2D eigenvalue weighted by molar-refractivity contribution is -0.132. The number of amides is 1. The molecule has 4 nitrogen and oxygen atoms in total. The Hall–Kier alpha value is -1.69. The molecule has 0 aromatic heterocycles. The van der Waals surface area contributed by atoms with E-state index < -0.39 is 0 Å². The average molecular weight is 442 g/mol. The SMILES string of the molecule is CN(CCCC1CC(c2ccccc2)NN1)C(=O)C1(c2ccc(Br)cc2)CC1. The van der Waals surface area contributed by atoms with Crippen molar-refractivity contribution >= 4 is 21.8 Å². The van der Waals surface area contributed by atoms with Gasteiger partial charge in [-0.15, -0.1) is 0 Å². The van der Waals surface area contributed by atoms with E-state index in [1.165, 1.54) is 5.56 Å². The van der Waals surface area contributed by atoms with E-state index >= 15 is 0 Å². The molecule has 2 aromatic rings. The van der Waals surface area contributed by atoms with Gasteiger partial charge >= 0.3 is 0 Å². The molecule has 28 heavy (non-hydrogen) atoms. The van der Waals surface area contributed by atoms with E-state index in [0.29, 0.717) is 12.1 Å². The quantitative estimate of drug-likeness (QED) is 0.671. The Labute approximate surface area is 175 Å². The standard InChI is InChI=1S/C23H28BrN3O/c1-27(22(28)23(13-14-23)18-9-11-19(24)12-10-18)15-5-8-20-16-21(26-25-20)17-6-3-2-4-7-17/h2-4,6-7,9-12,20-21,25-26H,5,8,13-16H2,1H3. The Morgan fingerprint density at radius 3 is 2.50 bits per heavy atom. The van der Waals surface area contributed by atoms with Gasteiger partial charge in [0.15, 0.2) is 0 Å². The first-order valence-corrected chi connectivity index (χ1v) is 11.0. The maximum absolute atomic E-state index is 13.1. The summed E-state index contributed by atoms with van der Waals surface area (Å²) in [7, 11) is 1.95. The number of hydrogen-bond acceptors (Lipinski definition) is 3. The van der Waals surface area contributed by atoms with Gasteiger partial charge in [0.05, 0.1) is 5.41 Å². The van der Waals surface area contributed by atoms with E-state index in [4.69, 9.17) is 0 Å². The monoisotopic (exact) mass is 441 g/mol. The van der Waals surface area contributed by atoms with Gasteiger partial charge in [0.25, 0.3) is 0 Å². The van der Waals surface area contributed by atoms with Crippen LogP contribution < -0.4 is 10.9 Å². The summed E-state index contributed by atoms with van der Waals surface area (Å²) < 4.78 is 1.05. The highest BCUT2D eigenvalue weighted by Gasteiger charge is 2.52. The zero-order chi connectivity index (χ0) is 19.6. The number of rotatable bonds is 7. The summed E-state index contributed by atoms with van der Waals surface area (Å²) in [6, 6.07) is 19.6. The predicted octanol–water partition coefficient (Wildman–Crippen LogP) is 4.33. The molecular weight excluding hydrogens is 414 g/mol. The molecule has 4 rings (SSSR count). The molecule has 2 N–H and O–H groups in total. The van der Waals surface area contributed by atoms with Gasteiger partial charge in [0.1, 0.15) is 0 Å². The van der Waals surface area contributed by atoms with Crippen LogP contribution in [0.2, 0.25) is 0 Å². The van der Waals surface area contributed by atoms with Gasteiger partial charge in [-0.1, -0.05) is 58.4 Å². The lowest BCUT2D eigenvalue weighted by Gasteiger charge is -2.24. The molecule has 1 heterocycles. The topological polar surface area (TPSA) is 44.4 Å². The highest BCUT2D eigenvalue weighted by atomic mass is 79.9. The lowest BCUT2D eigenvalue weighted by atomic mass is 9.94. The second-order valence-corrected chi connectivity index (χ2v) is 9.06. The zero-order valence-corrected chi connectivity index (χ0v) is 17.9. The number of carbonyl (C=O) groups is 1. The third-order valence-electron chi connectivity index (χ3n) is 6.13. The minimum Gasteiger partial charge on any atom is -0.345 e. The van der Waals surface area contributed by atoms with Crippen LogP contribution in [0.1, 0.15) is 49.3 Å². The Bertz CT molecular complexity index is 804. The number of hydrogen-bond donors (Lipinski definition) is 2. The van der Waals surface area contributed by atoms with Gasteiger partial charge in [-0.3, -0.25) is 15.6 Å². The van der Waals surface area contributed by atoms with E-state index in [1.807, 2.05) is 24.1 Å². The summed E-state index contributed by atoms with van der Waals surface area (Å²) >= 11 is 3.48. The molecule has 2 aliphatic rings. The molecule has 0 bridgehead atoms. The van der Waals surface area contributed by atoms with Crippen LogP contribution >= 0.6 is 15.9 Å². The Morgan fingerprint density at radius 1 is 1.11 bits per heavy atom. The van der Waals surface area contributed by atoms with Crippen molar-refractivity contribution in [1.82, 2.24) is 15.8 Å². The third-order valence-corrected chi connectivity index (χ3v) is 6.66. The molecule has 2 aromatic carbocycles. The van der Waals surface area contributed by atoms with Crippen LogP contribution in [-0.4, -0.2) is 30.4 Å². The molecule has 148 valence electrons. The summed E-state index contributed by atoms with van der Waals surface area (Å²) in [6.07, 6.45) is 5.10. The number of benzene rings is 2. The number of nitrogens with one attached hydrogen (secondary N) is 2. The molecule has 1 saturated carbocycles. The van der Waals surface area contributed by atoms with Crippen LogP contribution in [-0.2, 0) is 10.2 Å². The van der Waals surface area contributed by atoms with E-state index in [2.05, 4.69) is 69.2 Å². The van der Waals surface area contributed by atoms with Gasteiger partial charge in [0.2, 0.25) is 5.91 Å². The number of likely N-dealkylation sites (N-methyl/N-ethyl adjacent to an activating group) is 1. The predicted molar refractivity (Wildman–Crippen MR) is 116 cm³/mol. The van der Waals surface area contributed by atoms with Crippen LogP contribution in [0.5, 0.6) is 0 Å². The fourth-order valence-electron chi connectivity index (χ4n) is 4.28. The smallest absolute Gasteiger partial charge is 0.232 e. The number of carbonyl (C=O) groups excluding carboxylic acids is 1. The molecule has 2 unspecified atom stereocenters. The number of halogens is 1. The van der Waals surface area contributed by atoms with Crippen molar-refractivity contribution in [3.8, 4) is 0 Å². The Balaban J connectivity index is 1.25. The molecule has 0 spiro atoms. The minimum atomic E-state index is -0.277.